The molecular formula is C54H118N2O6P2+2. The Labute approximate surface area is 405 Å². The molecule has 0 bridgehead atoms. The van der Waals surface area contributed by atoms with Gasteiger partial charge in [0.15, 0.2) is 0 Å². The van der Waals surface area contributed by atoms with Crippen molar-refractivity contribution < 1.29 is 36.9 Å². The molecule has 0 saturated heterocycles. The minimum Gasteiger partial charge on any atom is -0.566 e. The Bertz CT molecular complexity index is 774. The van der Waals surface area contributed by atoms with Gasteiger partial charge < -0.3 is 18.8 Å². The summed E-state index contributed by atoms with van der Waals surface area (Å²) >= 11 is 0. The Kier molecular flexibility index (Phi) is 65.1. The second-order valence-electron chi connectivity index (χ2n) is 20.3. The van der Waals surface area contributed by atoms with E-state index in [1.807, 2.05) is 0 Å². The third kappa shape index (κ3) is 73.5. The zero-order chi connectivity index (χ0) is 48.7. The van der Waals surface area contributed by atoms with Crippen LogP contribution in [0.4, 0.5) is 0 Å². The molecule has 0 rings (SSSR count). The Morgan fingerprint density at radius 2 is 0.391 bits per heavy atom. The molecule has 0 fully saturated rings. The lowest BCUT2D eigenvalue weighted by Gasteiger charge is -2.30. The first-order valence-electron chi connectivity index (χ1n) is 27.8. The van der Waals surface area contributed by atoms with Crippen LogP contribution < -0.4 is 9.79 Å². The number of hydrogen-bond donors (Lipinski definition) is 0. The zero-order valence-electron chi connectivity index (χ0n) is 45.4. The van der Waals surface area contributed by atoms with Crippen LogP contribution in [0.2, 0.25) is 0 Å². The monoisotopic (exact) mass is 953 g/mol. The number of rotatable bonds is 46. The molecule has 64 heavy (non-hydrogen) atoms. The smallest absolute Gasteiger partial charge is 0.488 e. The molecule has 0 aliphatic rings. The number of unbranched alkanes of at least 4 members (excludes halogenated alkanes) is 36. The minimum atomic E-state index is -2.60. The minimum absolute atomic E-state index is 1.10. The highest BCUT2D eigenvalue weighted by Crippen LogP contribution is 2.16. The topological polar surface area (TPSA) is 98.7 Å². The van der Waals surface area contributed by atoms with Gasteiger partial charge in [-0.05, 0) is 60.5 Å². The Morgan fingerprint density at radius 3 is 0.500 bits per heavy atom. The molecule has 0 radical (unpaired) electrons. The van der Waals surface area contributed by atoms with E-state index in [-0.39, 0.29) is 0 Å². The van der Waals surface area contributed by atoms with Crippen molar-refractivity contribution in [1.82, 2.24) is 0 Å². The molecule has 0 aliphatic heterocycles. The van der Waals surface area contributed by atoms with Crippen LogP contribution in [0.25, 0.3) is 0 Å². The molecule has 10 heteroatoms. The highest BCUT2D eigenvalue weighted by molar-refractivity contribution is 7.30. The summed E-state index contributed by atoms with van der Waals surface area (Å²) < 4.78 is 28.3. The van der Waals surface area contributed by atoms with E-state index in [1.54, 1.807) is 0 Å². The summed E-state index contributed by atoms with van der Waals surface area (Å²) in [5, 5.41) is 0. The van der Waals surface area contributed by atoms with Gasteiger partial charge in [-0.3, -0.25) is 0 Å². The van der Waals surface area contributed by atoms with Crippen LogP contribution in [0.3, 0.4) is 0 Å². The molecule has 0 saturated carbocycles. The lowest BCUT2D eigenvalue weighted by Crippen LogP contribution is -2.41. The number of quaternary nitrogens is 2. The summed E-state index contributed by atoms with van der Waals surface area (Å²) in [5.74, 6) is 0. The molecule has 0 N–H and O–H groups in total. The van der Waals surface area contributed by atoms with E-state index < -0.39 is 16.5 Å². The standard InChI is InChI=1S/2C26H56N.2CH3O3P/c2*1-5-7-9-11-13-15-17-19-21-23-25-27(3,4)26-24-22-20-18-16-14-12-10-8-6-2;2*1-4-5(2)3/h2*5-26H2,1-4H3;2*1H3/q2*+1;;. The number of hydrogen-bond acceptors (Lipinski definition) is 6. The molecule has 2 unspecified atom stereocenters. The lowest BCUT2D eigenvalue weighted by atomic mass is 10.1. The third-order valence-corrected chi connectivity index (χ3v) is 13.4. The molecule has 0 aromatic rings. The highest BCUT2D eigenvalue weighted by atomic mass is 31.1. The Morgan fingerprint density at radius 1 is 0.281 bits per heavy atom. The molecule has 0 spiro atoms. The fraction of sp³-hybridized carbons (Fsp3) is 1.00. The van der Waals surface area contributed by atoms with Crippen LogP contribution in [0.5, 0.6) is 0 Å². The van der Waals surface area contributed by atoms with Gasteiger partial charge in [-0.15, -0.1) is 0 Å². The average molecular weight is 953 g/mol. The summed E-state index contributed by atoms with van der Waals surface area (Å²) in [5.41, 5.74) is 0. The fourth-order valence-corrected chi connectivity index (χ4v) is 8.33. The molecule has 2 atom stereocenters. The van der Waals surface area contributed by atoms with Crippen molar-refractivity contribution in [2.24, 2.45) is 0 Å². The zero-order valence-corrected chi connectivity index (χ0v) is 47.1. The van der Waals surface area contributed by atoms with Crippen molar-refractivity contribution in [3.63, 3.8) is 0 Å². The van der Waals surface area contributed by atoms with E-state index in [9.17, 15) is 18.9 Å². The van der Waals surface area contributed by atoms with Gasteiger partial charge in [-0.1, -0.05) is 233 Å². The van der Waals surface area contributed by atoms with Crippen LogP contribution in [0.1, 0.15) is 285 Å². The Hall–Kier alpha value is -0.0400. The maximum absolute atomic E-state index is 9.18. The largest absolute Gasteiger partial charge is 0.566 e. The van der Waals surface area contributed by atoms with E-state index in [0.717, 1.165) is 14.2 Å². The van der Waals surface area contributed by atoms with Gasteiger partial charge in [0.2, 0.25) is 0 Å². The van der Waals surface area contributed by atoms with Crippen LogP contribution in [0, 0.1) is 0 Å². The van der Waals surface area contributed by atoms with Crippen molar-refractivity contribution in [3.05, 3.63) is 0 Å². The quantitative estimate of drug-likeness (QED) is 0.0342. The summed E-state index contributed by atoms with van der Waals surface area (Å²) in [4.78, 5) is 18.4. The van der Waals surface area contributed by atoms with Gasteiger partial charge in [0.05, 0.1) is 68.6 Å². The van der Waals surface area contributed by atoms with Crippen LogP contribution >= 0.6 is 16.5 Å². The first kappa shape index (κ1) is 70.5. The molecule has 0 aromatic heterocycles. The molecule has 388 valence electrons. The van der Waals surface area contributed by atoms with Gasteiger partial charge in [-0.25, -0.2) is 0 Å². The van der Waals surface area contributed by atoms with E-state index >= 15 is 0 Å². The summed E-state index contributed by atoms with van der Waals surface area (Å²) in [7, 11) is 6.79. The SMILES string of the molecule is CCCCCCCCCCCC[N+](C)(C)CCCCCCCCCCCC.CCCCCCCCCCCC[N+](C)(C)CCCCCCCCCCCC.CO[P+](=O)[O-].CO[P+](=O)[O-]. The van der Waals surface area contributed by atoms with Gasteiger partial charge in [0, 0.05) is 0 Å². The van der Waals surface area contributed by atoms with Crippen molar-refractivity contribution in [2.75, 3.05) is 68.6 Å². The van der Waals surface area contributed by atoms with Crippen molar-refractivity contribution in [3.8, 4) is 0 Å². The van der Waals surface area contributed by atoms with Gasteiger partial charge in [-0.2, -0.15) is 9.05 Å². The van der Waals surface area contributed by atoms with Crippen molar-refractivity contribution in [2.45, 2.75) is 285 Å². The molecule has 0 aliphatic carbocycles. The van der Waals surface area contributed by atoms with E-state index in [0.29, 0.717) is 0 Å². The van der Waals surface area contributed by atoms with Crippen LogP contribution in [-0.4, -0.2) is 77.6 Å². The predicted molar refractivity (Wildman–Crippen MR) is 280 cm³/mol. The van der Waals surface area contributed by atoms with Gasteiger partial charge in [0.1, 0.15) is 0 Å². The van der Waals surface area contributed by atoms with Gasteiger partial charge in [0.25, 0.3) is 0 Å². The average Bonchev–Trinajstić information content (AvgIpc) is 3.26. The molecule has 0 heterocycles. The normalized spacial score (nSPS) is 11.9. The highest BCUT2D eigenvalue weighted by Gasteiger charge is 2.14. The Balaban J connectivity index is -0.000000462. The molecular weight excluding hydrogens is 835 g/mol. The maximum Gasteiger partial charge on any atom is 0.488 e. The summed E-state index contributed by atoms with van der Waals surface area (Å²) in [6.07, 6.45) is 58.0. The fourth-order valence-electron chi connectivity index (χ4n) is 8.33. The van der Waals surface area contributed by atoms with Crippen LogP contribution in [-0.2, 0) is 18.2 Å². The maximum atomic E-state index is 9.18. The van der Waals surface area contributed by atoms with E-state index in [4.69, 9.17) is 0 Å². The van der Waals surface area contributed by atoms with Crippen molar-refractivity contribution >= 4 is 16.5 Å². The third-order valence-electron chi connectivity index (χ3n) is 12.8. The second-order valence-corrected chi connectivity index (χ2v) is 21.9. The molecule has 0 amide bonds. The van der Waals surface area contributed by atoms with E-state index in [1.165, 1.54) is 292 Å². The first-order chi connectivity index (χ1) is 30.8. The molecule has 8 nitrogen and oxygen atoms in total. The predicted octanol–water partition coefficient (Wildman–Crippen LogP) is 17.1. The summed E-state index contributed by atoms with van der Waals surface area (Å²) in [6, 6.07) is 0. The van der Waals surface area contributed by atoms with Crippen molar-refractivity contribution in [1.29, 1.82) is 0 Å². The second kappa shape index (κ2) is 59.1. The van der Waals surface area contributed by atoms with Crippen LogP contribution in [0.15, 0.2) is 0 Å². The summed E-state index contributed by atoms with van der Waals surface area (Å²) in [6.45, 7) is 14.7. The first-order valence-corrected chi connectivity index (χ1v) is 30.0. The van der Waals surface area contributed by atoms with E-state index in [2.05, 4.69) is 64.9 Å². The lowest BCUT2D eigenvalue weighted by molar-refractivity contribution is -0.890. The molecule has 0 aromatic carbocycles. The number of nitrogens with zero attached hydrogens (tertiary/aromatic N) is 2. The van der Waals surface area contributed by atoms with Gasteiger partial charge >= 0.3 is 16.5 Å².